The lowest BCUT2D eigenvalue weighted by Gasteiger charge is -2.29. The zero-order chi connectivity index (χ0) is 21.9. The van der Waals surface area contributed by atoms with Gasteiger partial charge in [-0.15, -0.1) is 0 Å². The molecule has 3 rings (SSSR count). The van der Waals surface area contributed by atoms with Crippen molar-refractivity contribution in [3.63, 3.8) is 0 Å². The highest BCUT2D eigenvalue weighted by molar-refractivity contribution is 7.89. The molecule has 1 atom stereocenters. The van der Waals surface area contributed by atoms with Crippen molar-refractivity contribution in [2.24, 2.45) is 5.92 Å². The van der Waals surface area contributed by atoms with Crippen molar-refractivity contribution in [3.8, 4) is 11.1 Å². The predicted molar refractivity (Wildman–Crippen MR) is 118 cm³/mol. The first-order chi connectivity index (χ1) is 14.1. The van der Waals surface area contributed by atoms with E-state index < -0.39 is 28.2 Å². The maximum absolute atomic E-state index is 14.5. The van der Waals surface area contributed by atoms with E-state index in [0.717, 1.165) is 30.5 Å². The average molecular weight is 453 g/mol. The van der Waals surface area contributed by atoms with Gasteiger partial charge in [0.05, 0.1) is 22.9 Å². The lowest BCUT2D eigenvalue weighted by atomic mass is 9.99. The molecule has 8 heteroatoms. The Balaban J connectivity index is 1.73. The number of halogens is 2. The van der Waals surface area contributed by atoms with Gasteiger partial charge in [-0.2, -0.15) is 0 Å². The Bertz CT molecular complexity index is 1040. The minimum Gasteiger partial charge on any atom is -0.306 e. The number of piperidine rings is 1. The summed E-state index contributed by atoms with van der Waals surface area (Å²) in [5.41, 5.74) is 2.19. The van der Waals surface area contributed by atoms with E-state index in [1.54, 1.807) is 0 Å². The number of rotatable bonds is 7. The summed E-state index contributed by atoms with van der Waals surface area (Å²) in [5.74, 6) is -1.52. The maximum atomic E-state index is 14.5. The van der Waals surface area contributed by atoms with Crippen LogP contribution in [0.4, 0.5) is 4.39 Å². The normalized spacial score (nSPS) is 17.8. The number of carbonyl (C=O) groups is 1. The molecule has 0 radical (unpaired) electrons. The third-order valence-corrected chi connectivity index (χ3v) is 7.08. The van der Waals surface area contributed by atoms with E-state index in [2.05, 4.69) is 9.62 Å². The summed E-state index contributed by atoms with van der Waals surface area (Å²) in [4.78, 5) is 14.7. The van der Waals surface area contributed by atoms with Crippen LogP contribution in [-0.2, 0) is 10.0 Å². The number of Topliss-reactive ketones (excluding diaryl/α,β-unsaturated/α-hetero) is 1. The summed E-state index contributed by atoms with van der Waals surface area (Å²) >= 11 is 6.01. The molecule has 1 unspecified atom stereocenters. The summed E-state index contributed by atoms with van der Waals surface area (Å²) in [6, 6.07) is 10.4. The average Bonchev–Trinajstić information content (AvgIpc) is 2.68. The Morgan fingerprint density at radius 2 is 2.03 bits per heavy atom. The second kappa shape index (κ2) is 9.56. The summed E-state index contributed by atoms with van der Waals surface area (Å²) in [6.45, 7) is 3.09. The van der Waals surface area contributed by atoms with E-state index >= 15 is 0 Å². The number of hydrogen-bond donors (Lipinski definition) is 1. The first-order valence-electron chi connectivity index (χ1n) is 9.90. The van der Waals surface area contributed by atoms with Crippen LogP contribution in [0.1, 0.15) is 28.8 Å². The highest BCUT2D eigenvalue weighted by Gasteiger charge is 2.25. The van der Waals surface area contributed by atoms with E-state index in [1.807, 2.05) is 38.2 Å². The number of benzene rings is 2. The van der Waals surface area contributed by atoms with Gasteiger partial charge in [0.1, 0.15) is 0 Å². The predicted octanol–water partition coefficient (Wildman–Crippen LogP) is 3.90. The molecule has 1 aliphatic heterocycles. The van der Waals surface area contributed by atoms with Crippen molar-refractivity contribution in [1.82, 2.24) is 9.62 Å². The molecule has 5 nitrogen and oxygen atoms in total. The monoisotopic (exact) mass is 452 g/mol. The van der Waals surface area contributed by atoms with Gasteiger partial charge < -0.3 is 4.90 Å². The number of hydrogen-bond acceptors (Lipinski definition) is 4. The van der Waals surface area contributed by atoms with Gasteiger partial charge >= 0.3 is 0 Å². The molecule has 30 heavy (non-hydrogen) atoms. The second-order valence-corrected chi connectivity index (χ2v) is 10.2. The van der Waals surface area contributed by atoms with Crippen molar-refractivity contribution in [2.45, 2.75) is 19.8 Å². The molecule has 0 aliphatic carbocycles. The fourth-order valence-electron chi connectivity index (χ4n) is 3.83. The van der Waals surface area contributed by atoms with Gasteiger partial charge in [-0.1, -0.05) is 41.4 Å². The number of aryl methyl sites for hydroxylation is 1. The highest BCUT2D eigenvalue weighted by Crippen LogP contribution is 2.28. The molecule has 2 aromatic rings. The van der Waals surface area contributed by atoms with Gasteiger partial charge in [-0.3, -0.25) is 4.79 Å². The van der Waals surface area contributed by atoms with Crippen LogP contribution in [0.25, 0.3) is 11.1 Å². The Kier molecular flexibility index (Phi) is 7.29. The van der Waals surface area contributed by atoms with Crippen molar-refractivity contribution < 1.29 is 17.6 Å². The first-order valence-corrected chi connectivity index (χ1v) is 11.9. The van der Waals surface area contributed by atoms with Crippen LogP contribution < -0.4 is 4.72 Å². The van der Waals surface area contributed by atoms with Gasteiger partial charge in [-0.25, -0.2) is 17.5 Å². The second-order valence-electron chi connectivity index (χ2n) is 7.99. The van der Waals surface area contributed by atoms with E-state index in [4.69, 9.17) is 11.6 Å². The Labute approximate surface area is 182 Å². The molecule has 1 aliphatic rings. The van der Waals surface area contributed by atoms with Crippen molar-refractivity contribution in [3.05, 3.63) is 58.4 Å². The smallest absolute Gasteiger partial charge is 0.212 e. The zero-order valence-electron chi connectivity index (χ0n) is 17.1. The summed E-state index contributed by atoms with van der Waals surface area (Å²) < 4.78 is 41.7. The third kappa shape index (κ3) is 5.88. The molecule has 1 saturated heterocycles. The van der Waals surface area contributed by atoms with Crippen molar-refractivity contribution in [1.29, 1.82) is 0 Å². The largest absolute Gasteiger partial charge is 0.306 e. The van der Waals surface area contributed by atoms with Gasteiger partial charge in [-0.05, 0) is 62.5 Å². The lowest BCUT2D eigenvalue weighted by molar-refractivity contribution is 0.0993. The maximum Gasteiger partial charge on any atom is 0.212 e. The van der Waals surface area contributed by atoms with Gasteiger partial charge in [0.15, 0.2) is 11.6 Å². The van der Waals surface area contributed by atoms with Crippen LogP contribution >= 0.6 is 11.6 Å². The fourth-order valence-corrected chi connectivity index (χ4v) is 5.41. The molecule has 162 valence electrons. The molecule has 1 fully saturated rings. The Morgan fingerprint density at radius 1 is 1.27 bits per heavy atom. The molecule has 2 aromatic carbocycles. The van der Waals surface area contributed by atoms with Crippen molar-refractivity contribution >= 4 is 27.4 Å². The van der Waals surface area contributed by atoms with Gasteiger partial charge in [0.25, 0.3) is 0 Å². The summed E-state index contributed by atoms with van der Waals surface area (Å²) in [7, 11) is -1.69. The Hall–Kier alpha value is -1.80. The van der Waals surface area contributed by atoms with Crippen LogP contribution in [0.5, 0.6) is 0 Å². The number of nitrogens with zero attached hydrogens (tertiary/aromatic N) is 1. The van der Waals surface area contributed by atoms with Crippen molar-refractivity contribution in [2.75, 3.05) is 32.4 Å². The quantitative estimate of drug-likeness (QED) is 0.647. The fraction of sp³-hybridized carbons (Fsp3) is 0.409. The number of ketones is 1. The molecule has 0 amide bonds. The van der Waals surface area contributed by atoms with Gasteiger partial charge in [0.2, 0.25) is 10.0 Å². The van der Waals surface area contributed by atoms with Crippen LogP contribution in [0.2, 0.25) is 5.02 Å². The highest BCUT2D eigenvalue weighted by atomic mass is 35.5. The van der Waals surface area contributed by atoms with Crippen LogP contribution in [0.3, 0.4) is 0 Å². The standard InChI is InChI=1S/C22H26ClFN2O3S/c1-15-5-3-7-17(9-15)18-10-19(22(24)20(23)11-18)21(27)12-25-30(28,29)14-16-6-4-8-26(2)13-16/h3,5,7,9-11,16,25H,4,6,8,12-14H2,1-2H3. The van der Waals surface area contributed by atoms with E-state index in [1.165, 1.54) is 12.1 Å². The molecular formula is C22H26ClFN2O3S. The molecule has 1 heterocycles. The minimum atomic E-state index is -3.65. The van der Waals surface area contributed by atoms with Gasteiger partial charge in [0, 0.05) is 6.54 Å². The number of sulfonamides is 1. The summed E-state index contributed by atoms with van der Waals surface area (Å²) in [5, 5.41) is -0.176. The third-order valence-electron chi connectivity index (χ3n) is 5.31. The zero-order valence-corrected chi connectivity index (χ0v) is 18.7. The molecule has 0 aromatic heterocycles. The topological polar surface area (TPSA) is 66.5 Å². The van der Waals surface area contributed by atoms with Crippen LogP contribution in [-0.4, -0.2) is 51.5 Å². The molecule has 0 saturated carbocycles. The summed E-state index contributed by atoms with van der Waals surface area (Å²) in [6.07, 6.45) is 1.78. The number of carbonyl (C=O) groups excluding carboxylic acids is 1. The van der Waals surface area contributed by atoms with E-state index in [0.29, 0.717) is 12.1 Å². The first kappa shape index (κ1) is 22.9. The van der Waals surface area contributed by atoms with E-state index in [9.17, 15) is 17.6 Å². The number of nitrogens with one attached hydrogen (secondary N) is 1. The lowest BCUT2D eigenvalue weighted by Crippen LogP contribution is -2.39. The van der Waals surface area contributed by atoms with Crippen LogP contribution in [0.15, 0.2) is 36.4 Å². The molecule has 0 bridgehead atoms. The minimum absolute atomic E-state index is 0.0205. The molecule has 0 spiro atoms. The van der Waals surface area contributed by atoms with Crippen LogP contribution in [0, 0.1) is 18.7 Å². The number of likely N-dealkylation sites (tertiary alicyclic amines) is 1. The SMILES string of the molecule is Cc1cccc(-c2cc(Cl)c(F)c(C(=O)CNS(=O)(=O)CC3CCCN(C)C3)c2)c1. The van der Waals surface area contributed by atoms with E-state index in [-0.39, 0.29) is 22.3 Å². The Morgan fingerprint density at radius 3 is 2.73 bits per heavy atom. The molecular weight excluding hydrogens is 427 g/mol. The molecule has 1 N–H and O–H groups in total.